The van der Waals surface area contributed by atoms with Gasteiger partial charge in [0.2, 0.25) is 5.91 Å². The van der Waals surface area contributed by atoms with E-state index in [1.165, 1.54) is 12.1 Å². The van der Waals surface area contributed by atoms with Crippen molar-refractivity contribution in [2.75, 3.05) is 14.1 Å². The number of amides is 3. The van der Waals surface area contributed by atoms with Gasteiger partial charge in [-0.2, -0.15) is 0 Å². The SMILES string of the molecule is CN(C)C(=O)[C@H]1C[C@@H](NC(=O)NCc2ccc(Cl)cc2Cl)C[C@@H]1c1ccc(F)cc1. The summed E-state index contributed by atoms with van der Waals surface area (Å²) in [5, 5.41) is 6.76. The molecule has 0 unspecified atom stereocenters. The van der Waals surface area contributed by atoms with Crippen LogP contribution in [0.5, 0.6) is 0 Å². The molecule has 3 atom stereocenters. The van der Waals surface area contributed by atoms with Crippen LogP contribution >= 0.6 is 23.2 Å². The van der Waals surface area contributed by atoms with Gasteiger partial charge in [0.25, 0.3) is 0 Å². The van der Waals surface area contributed by atoms with E-state index in [-0.39, 0.29) is 42.2 Å². The highest BCUT2D eigenvalue weighted by molar-refractivity contribution is 6.35. The Bertz CT molecular complexity index is 921. The monoisotopic (exact) mass is 451 g/mol. The van der Waals surface area contributed by atoms with Crippen molar-refractivity contribution >= 4 is 35.1 Å². The van der Waals surface area contributed by atoms with Crippen molar-refractivity contribution in [3.8, 4) is 0 Å². The van der Waals surface area contributed by atoms with Gasteiger partial charge in [-0.1, -0.05) is 41.4 Å². The van der Waals surface area contributed by atoms with Gasteiger partial charge in [-0.15, -0.1) is 0 Å². The van der Waals surface area contributed by atoms with E-state index in [9.17, 15) is 14.0 Å². The highest BCUT2D eigenvalue weighted by Crippen LogP contribution is 2.40. The Labute approximate surface area is 185 Å². The number of rotatable bonds is 5. The van der Waals surface area contributed by atoms with E-state index in [0.29, 0.717) is 22.9 Å². The standard InChI is InChI=1S/C22H24Cl2FN3O2/c1-28(2)21(29)19-11-17(10-18(19)13-4-7-16(25)8-5-13)27-22(30)26-12-14-3-6-15(23)9-20(14)24/h3-9,17-19H,10-12H2,1-2H3,(H2,26,27,30)/t17-,18+,19-/m0/s1. The highest BCUT2D eigenvalue weighted by atomic mass is 35.5. The first-order valence-electron chi connectivity index (χ1n) is 9.69. The summed E-state index contributed by atoms with van der Waals surface area (Å²) in [7, 11) is 3.43. The maximum atomic E-state index is 13.3. The molecule has 1 aliphatic carbocycles. The fraction of sp³-hybridized carbons (Fsp3) is 0.364. The highest BCUT2D eigenvalue weighted by Gasteiger charge is 2.40. The lowest BCUT2D eigenvalue weighted by Crippen LogP contribution is -2.41. The molecule has 0 heterocycles. The first-order chi connectivity index (χ1) is 14.2. The third-order valence-electron chi connectivity index (χ3n) is 5.41. The number of benzene rings is 2. The van der Waals surface area contributed by atoms with Crippen LogP contribution in [0.1, 0.15) is 29.9 Å². The molecule has 2 aromatic rings. The van der Waals surface area contributed by atoms with Crippen LogP contribution in [0.25, 0.3) is 0 Å². The maximum absolute atomic E-state index is 13.3. The predicted molar refractivity (Wildman–Crippen MR) is 116 cm³/mol. The van der Waals surface area contributed by atoms with E-state index in [1.807, 2.05) is 0 Å². The summed E-state index contributed by atoms with van der Waals surface area (Å²) in [6, 6.07) is 10.8. The molecule has 3 amide bonds. The lowest BCUT2D eigenvalue weighted by molar-refractivity contribution is -0.133. The van der Waals surface area contributed by atoms with Crippen molar-refractivity contribution in [1.82, 2.24) is 15.5 Å². The van der Waals surface area contributed by atoms with Gasteiger partial charge in [-0.05, 0) is 54.2 Å². The first kappa shape index (κ1) is 22.4. The van der Waals surface area contributed by atoms with Crippen LogP contribution in [0, 0.1) is 11.7 Å². The average Bonchev–Trinajstić information content (AvgIpc) is 3.10. The minimum atomic E-state index is -0.332. The molecule has 1 saturated carbocycles. The quantitative estimate of drug-likeness (QED) is 0.698. The van der Waals surface area contributed by atoms with E-state index in [4.69, 9.17) is 23.2 Å². The van der Waals surface area contributed by atoms with E-state index in [2.05, 4.69) is 10.6 Å². The maximum Gasteiger partial charge on any atom is 0.315 e. The Hall–Kier alpha value is -2.31. The van der Waals surface area contributed by atoms with Gasteiger partial charge in [0, 0.05) is 42.6 Å². The molecule has 0 aliphatic heterocycles. The molecule has 2 aromatic carbocycles. The lowest BCUT2D eigenvalue weighted by Gasteiger charge is -2.22. The summed E-state index contributed by atoms with van der Waals surface area (Å²) < 4.78 is 13.3. The summed E-state index contributed by atoms with van der Waals surface area (Å²) in [4.78, 5) is 26.7. The largest absolute Gasteiger partial charge is 0.349 e. The minimum absolute atomic E-state index is 0.00183. The summed E-state index contributed by atoms with van der Waals surface area (Å²) in [6.45, 7) is 0.260. The van der Waals surface area contributed by atoms with Crippen molar-refractivity contribution in [2.24, 2.45) is 5.92 Å². The number of nitrogens with zero attached hydrogens (tertiary/aromatic N) is 1. The van der Waals surface area contributed by atoms with Crippen molar-refractivity contribution in [3.05, 3.63) is 69.5 Å². The van der Waals surface area contributed by atoms with Crippen molar-refractivity contribution in [1.29, 1.82) is 0 Å². The second-order valence-corrected chi connectivity index (χ2v) is 8.57. The molecule has 8 heteroatoms. The number of hydrogen-bond acceptors (Lipinski definition) is 2. The van der Waals surface area contributed by atoms with Crippen LogP contribution in [-0.4, -0.2) is 37.0 Å². The third kappa shape index (κ3) is 5.43. The minimum Gasteiger partial charge on any atom is -0.349 e. The van der Waals surface area contributed by atoms with E-state index in [0.717, 1.165) is 11.1 Å². The number of urea groups is 1. The molecule has 3 rings (SSSR count). The Balaban J connectivity index is 1.64. The number of carbonyl (C=O) groups excluding carboxylic acids is 2. The smallest absolute Gasteiger partial charge is 0.315 e. The number of carbonyl (C=O) groups is 2. The van der Waals surface area contributed by atoms with Crippen molar-refractivity contribution in [3.63, 3.8) is 0 Å². The fourth-order valence-electron chi connectivity index (χ4n) is 3.92. The molecule has 1 fully saturated rings. The third-order valence-corrected chi connectivity index (χ3v) is 6.00. The molecule has 0 spiro atoms. The molecule has 0 bridgehead atoms. The second kappa shape index (κ2) is 9.67. The fourth-order valence-corrected chi connectivity index (χ4v) is 4.39. The molecule has 5 nitrogen and oxygen atoms in total. The molecule has 2 N–H and O–H groups in total. The second-order valence-electron chi connectivity index (χ2n) is 7.73. The number of halogens is 3. The zero-order valence-electron chi connectivity index (χ0n) is 16.8. The van der Waals surface area contributed by atoms with Crippen LogP contribution in [0.4, 0.5) is 9.18 Å². The predicted octanol–water partition coefficient (Wildman–Crippen LogP) is 4.58. The topological polar surface area (TPSA) is 61.4 Å². The molecule has 1 aliphatic rings. The van der Waals surface area contributed by atoms with Crippen LogP contribution in [-0.2, 0) is 11.3 Å². The van der Waals surface area contributed by atoms with E-state index in [1.54, 1.807) is 49.3 Å². The van der Waals surface area contributed by atoms with Crippen LogP contribution in [0.15, 0.2) is 42.5 Å². The molecule has 0 aromatic heterocycles. The van der Waals surface area contributed by atoms with Gasteiger partial charge in [-0.3, -0.25) is 4.79 Å². The molecular weight excluding hydrogens is 428 g/mol. The molecule has 0 saturated heterocycles. The zero-order chi connectivity index (χ0) is 21.8. The van der Waals surface area contributed by atoms with Crippen molar-refractivity contribution < 1.29 is 14.0 Å². The van der Waals surface area contributed by atoms with Crippen molar-refractivity contribution in [2.45, 2.75) is 31.3 Å². The van der Waals surface area contributed by atoms with Gasteiger partial charge in [0.05, 0.1) is 0 Å². The molecule has 30 heavy (non-hydrogen) atoms. The zero-order valence-corrected chi connectivity index (χ0v) is 18.3. The summed E-state index contributed by atoms with van der Waals surface area (Å²) in [5.41, 5.74) is 1.65. The Morgan fingerprint density at radius 2 is 1.80 bits per heavy atom. The average molecular weight is 452 g/mol. The van der Waals surface area contributed by atoms with Crippen LogP contribution < -0.4 is 10.6 Å². The van der Waals surface area contributed by atoms with Gasteiger partial charge in [-0.25, -0.2) is 9.18 Å². The van der Waals surface area contributed by atoms with Gasteiger partial charge < -0.3 is 15.5 Å². The lowest BCUT2D eigenvalue weighted by atomic mass is 9.88. The summed E-state index contributed by atoms with van der Waals surface area (Å²) >= 11 is 12.0. The summed E-state index contributed by atoms with van der Waals surface area (Å²) in [6.07, 6.45) is 1.12. The molecule has 160 valence electrons. The van der Waals surface area contributed by atoms with Gasteiger partial charge in [0.1, 0.15) is 5.82 Å². The molecular formula is C22H24Cl2FN3O2. The van der Waals surface area contributed by atoms with E-state index >= 15 is 0 Å². The van der Waals surface area contributed by atoms with Gasteiger partial charge in [0.15, 0.2) is 0 Å². The Kier molecular flexibility index (Phi) is 7.21. The number of hydrogen-bond donors (Lipinski definition) is 2. The number of nitrogens with one attached hydrogen (secondary N) is 2. The van der Waals surface area contributed by atoms with Crippen LogP contribution in [0.3, 0.4) is 0 Å². The van der Waals surface area contributed by atoms with Crippen LogP contribution in [0.2, 0.25) is 10.0 Å². The Morgan fingerprint density at radius 1 is 1.10 bits per heavy atom. The molecule has 0 radical (unpaired) electrons. The first-order valence-corrected chi connectivity index (χ1v) is 10.4. The Morgan fingerprint density at radius 3 is 2.43 bits per heavy atom. The normalized spacial score (nSPS) is 20.6. The summed E-state index contributed by atoms with van der Waals surface area (Å²) in [5.74, 6) is -0.679. The van der Waals surface area contributed by atoms with E-state index < -0.39 is 0 Å². The van der Waals surface area contributed by atoms with Gasteiger partial charge >= 0.3 is 6.03 Å².